The summed E-state index contributed by atoms with van der Waals surface area (Å²) in [7, 11) is 0. The smallest absolute Gasteiger partial charge is 0.264 e. The van der Waals surface area contributed by atoms with Crippen LogP contribution in [0.1, 0.15) is 43.0 Å². The molecule has 2 N–H and O–H groups in total. The number of aromatic nitrogens is 2. The molecule has 126 valence electrons. The van der Waals surface area contributed by atoms with Gasteiger partial charge >= 0.3 is 0 Å². The Bertz CT molecular complexity index is 786. The molecule has 2 unspecified atom stereocenters. The molecular weight excluding hydrogens is 326 g/mol. The lowest BCUT2D eigenvalue weighted by atomic mass is 9.86. The summed E-state index contributed by atoms with van der Waals surface area (Å²) >= 11 is 5.86. The number of carbonyl (C=O) groups is 1. The number of nitrogens with zero attached hydrogens (tertiary/aromatic N) is 1. The maximum atomic E-state index is 12.4. The highest BCUT2D eigenvalue weighted by atomic mass is 35.5. The predicted octanol–water partition coefficient (Wildman–Crippen LogP) is 3.40. The molecule has 24 heavy (non-hydrogen) atoms. The number of hydrogen-bond donors (Lipinski definition) is 2. The first-order chi connectivity index (χ1) is 11.5. The summed E-state index contributed by atoms with van der Waals surface area (Å²) in [5.41, 5.74) is 0.353. The summed E-state index contributed by atoms with van der Waals surface area (Å²) in [5.74, 6) is 0.493. The van der Waals surface area contributed by atoms with Crippen molar-refractivity contribution in [2.75, 3.05) is 0 Å². The second-order valence-electron chi connectivity index (χ2n) is 6.32. The van der Waals surface area contributed by atoms with E-state index in [-0.39, 0.29) is 17.5 Å². The van der Waals surface area contributed by atoms with Gasteiger partial charge in [-0.3, -0.25) is 9.59 Å². The first-order valence-corrected chi connectivity index (χ1v) is 8.58. The van der Waals surface area contributed by atoms with Gasteiger partial charge in [-0.15, -0.1) is 0 Å². The monoisotopic (exact) mass is 345 g/mol. The summed E-state index contributed by atoms with van der Waals surface area (Å²) in [5, 5.41) is 3.59. The van der Waals surface area contributed by atoms with Crippen LogP contribution in [0, 0.1) is 5.92 Å². The average molecular weight is 346 g/mol. The van der Waals surface area contributed by atoms with E-state index in [1.807, 2.05) is 0 Å². The van der Waals surface area contributed by atoms with Gasteiger partial charge in [0, 0.05) is 22.8 Å². The third-order valence-corrected chi connectivity index (χ3v) is 4.84. The van der Waals surface area contributed by atoms with Gasteiger partial charge in [-0.25, -0.2) is 4.98 Å². The van der Waals surface area contributed by atoms with Crippen LogP contribution in [0.25, 0.3) is 11.4 Å². The van der Waals surface area contributed by atoms with E-state index in [9.17, 15) is 9.59 Å². The Kier molecular flexibility index (Phi) is 5.00. The summed E-state index contributed by atoms with van der Waals surface area (Å²) in [6.45, 7) is 2.14. The molecule has 1 aromatic heterocycles. The molecule has 1 saturated carbocycles. The number of aromatic amines is 1. The molecule has 2 atom stereocenters. The Morgan fingerprint density at radius 2 is 1.96 bits per heavy atom. The van der Waals surface area contributed by atoms with Crippen LogP contribution < -0.4 is 10.9 Å². The minimum atomic E-state index is -0.434. The molecule has 1 aliphatic carbocycles. The number of benzene rings is 1. The van der Waals surface area contributed by atoms with Gasteiger partial charge in [0.05, 0.1) is 0 Å². The highest BCUT2D eigenvalue weighted by molar-refractivity contribution is 6.30. The van der Waals surface area contributed by atoms with E-state index in [0.717, 1.165) is 24.8 Å². The van der Waals surface area contributed by atoms with Crippen molar-refractivity contribution in [2.24, 2.45) is 5.92 Å². The lowest BCUT2D eigenvalue weighted by Gasteiger charge is -2.29. The van der Waals surface area contributed by atoms with Gasteiger partial charge in [-0.05, 0) is 43.0 Å². The number of amides is 1. The SMILES string of the molecule is CC1CCCCC1NC(=O)c1cnc(-c2ccc(Cl)cc2)[nH]c1=O. The second kappa shape index (κ2) is 7.18. The summed E-state index contributed by atoms with van der Waals surface area (Å²) in [4.78, 5) is 31.5. The minimum absolute atomic E-state index is 0.0467. The zero-order chi connectivity index (χ0) is 17.1. The molecular formula is C18H20ClN3O2. The third-order valence-electron chi connectivity index (χ3n) is 4.59. The van der Waals surface area contributed by atoms with Gasteiger partial charge in [0.25, 0.3) is 11.5 Å². The van der Waals surface area contributed by atoms with E-state index >= 15 is 0 Å². The lowest BCUT2D eigenvalue weighted by Crippen LogP contribution is -2.42. The molecule has 0 radical (unpaired) electrons. The van der Waals surface area contributed by atoms with Crippen LogP contribution in [0.2, 0.25) is 5.02 Å². The van der Waals surface area contributed by atoms with Gasteiger partial charge in [0.2, 0.25) is 0 Å². The Hall–Kier alpha value is -2.14. The van der Waals surface area contributed by atoms with Crippen LogP contribution in [-0.2, 0) is 0 Å². The average Bonchev–Trinajstić information content (AvgIpc) is 2.57. The maximum Gasteiger partial charge on any atom is 0.264 e. The van der Waals surface area contributed by atoms with Crippen molar-refractivity contribution in [3.05, 3.63) is 51.4 Å². The number of hydrogen-bond acceptors (Lipinski definition) is 3. The molecule has 1 aliphatic rings. The molecule has 1 heterocycles. The molecule has 3 rings (SSSR count). The first kappa shape index (κ1) is 16.7. The van der Waals surface area contributed by atoms with E-state index in [1.54, 1.807) is 24.3 Å². The van der Waals surface area contributed by atoms with Crippen LogP contribution in [0.4, 0.5) is 0 Å². The van der Waals surface area contributed by atoms with E-state index in [4.69, 9.17) is 11.6 Å². The molecule has 0 aliphatic heterocycles. The number of H-pyrrole nitrogens is 1. The largest absolute Gasteiger partial charge is 0.349 e. The number of carbonyl (C=O) groups excluding carboxylic acids is 1. The highest BCUT2D eigenvalue weighted by Crippen LogP contribution is 2.24. The standard InChI is InChI=1S/C18H20ClN3O2/c1-11-4-2-3-5-15(11)21-17(23)14-10-20-16(22-18(14)24)12-6-8-13(19)9-7-12/h6-11,15H,2-5H2,1H3,(H,21,23)(H,20,22,24). The topological polar surface area (TPSA) is 74.8 Å². The second-order valence-corrected chi connectivity index (χ2v) is 6.76. The van der Waals surface area contributed by atoms with Crippen LogP contribution in [0.15, 0.2) is 35.3 Å². The lowest BCUT2D eigenvalue weighted by molar-refractivity contribution is 0.0908. The van der Waals surface area contributed by atoms with Crippen LogP contribution >= 0.6 is 11.6 Å². The normalized spacial score (nSPS) is 20.6. The zero-order valence-corrected chi connectivity index (χ0v) is 14.3. The van der Waals surface area contributed by atoms with Crippen molar-refractivity contribution in [1.82, 2.24) is 15.3 Å². The van der Waals surface area contributed by atoms with Gasteiger partial charge < -0.3 is 10.3 Å². The Morgan fingerprint density at radius 1 is 1.25 bits per heavy atom. The summed E-state index contributed by atoms with van der Waals surface area (Å²) < 4.78 is 0. The highest BCUT2D eigenvalue weighted by Gasteiger charge is 2.24. The molecule has 1 amide bonds. The molecule has 0 saturated heterocycles. The number of rotatable bonds is 3. The predicted molar refractivity (Wildman–Crippen MR) is 94.2 cm³/mol. The van der Waals surface area contributed by atoms with Crippen LogP contribution in [-0.4, -0.2) is 21.9 Å². The van der Waals surface area contributed by atoms with Crippen molar-refractivity contribution < 1.29 is 4.79 Å². The quantitative estimate of drug-likeness (QED) is 0.895. The number of nitrogens with one attached hydrogen (secondary N) is 2. The van der Waals surface area contributed by atoms with Gasteiger partial charge in [0.15, 0.2) is 0 Å². The molecule has 1 fully saturated rings. The van der Waals surface area contributed by atoms with Crippen molar-refractivity contribution >= 4 is 17.5 Å². The molecule has 2 aromatic rings. The third kappa shape index (κ3) is 3.67. The first-order valence-electron chi connectivity index (χ1n) is 8.20. The number of halogens is 1. The van der Waals surface area contributed by atoms with Gasteiger partial charge in [0.1, 0.15) is 11.4 Å². The molecule has 0 spiro atoms. The van der Waals surface area contributed by atoms with Crippen molar-refractivity contribution in [3.8, 4) is 11.4 Å². The minimum Gasteiger partial charge on any atom is -0.349 e. The van der Waals surface area contributed by atoms with Gasteiger partial charge in [-0.2, -0.15) is 0 Å². The van der Waals surface area contributed by atoms with Crippen molar-refractivity contribution in [3.63, 3.8) is 0 Å². The summed E-state index contributed by atoms with van der Waals surface area (Å²) in [6.07, 6.45) is 5.71. The van der Waals surface area contributed by atoms with E-state index in [0.29, 0.717) is 16.8 Å². The Morgan fingerprint density at radius 3 is 2.62 bits per heavy atom. The molecule has 1 aromatic carbocycles. The van der Waals surface area contributed by atoms with Crippen molar-refractivity contribution in [2.45, 2.75) is 38.6 Å². The maximum absolute atomic E-state index is 12.4. The Labute approximate surface area is 145 Å². The molecule has 5 nitrogen and oxygen atoms in total. The fourth-order valence-corrected chi connectivity index (χ4v) is 3.21. The molecule has 6 heteroatoms. The van der Waals surface area contributed by atoms with Gasteiger partial charge in [-0.1, -0.05) is 31.4 Å². The molecule has 0 bridgehead atoms. The van der Waals surface area contributed by atoms with E-state index in [2.05, 4.69) is 22.2 Å². The van der Waals surface area contributed by atoms with Crippen LogP contribution in [0.3, 0.4) is 0 Å². The van der Waals surface area contributed by atoms with Crippen LogP contribution in [0.5, 0.6) is 0 Å². The fraction of sp³-hybridized carbons (Fsp3) is 0.389. The van der Waals surface area contributed by atoms with E-state index < -0.39 is 5.56 Å². The Balaban J connectivity index is 1.78. The summed E-state index contributed by atoms with van der Waals surface area (Å²) in [6, 6.07) is 7.11. The van der Waals surface area contributed by atoms with E-state index in [1.165, 1.54) is 12.6 Å². The van der Waals surface area contributed by atoms with Crippen molar-refractivity contribution in [1.29, 1.82) is 0 Å². The zero-order valence-electron chi connectivity index (χ0n) is 13.5. The fourth-order valence-electron chi connectivity index (χ4n) is 3.09.